The lowest BCUT2D eigenvalue weighted by Gasteiger charge is -2.32. The second-order valence-electron chi connectivity index (χ2n) is 7.33. The van der Waals surface area contributed by atoms with Gasteiger partial charge in [-0.2, -0.15) is 0 Å². The number of carbonyl (C=O) groups is 2. The van der Waals surface area contributed by atoms with E-state index in [1.54, 1.807) is 12.1 Å². The Kier molecular flexibility index (Phi) is 6.31. The van der Waals surface area contributed by atoms with Gasteiger partial charge in [-0.3, -0.25) is 14.5 Å². The van der Waals surface area contributed by atoms with E-state index in [1.807, 2.05) is 0 Å². The van der Waals surface area contributed by atoms with Gasteiger partial charge in [0, 0.05) is 17.0 Å². The van der Waals surface area contributed by atoms with Crippen molar-refractivity contribution >= 4 is 29.0 Å². The summed E-state index contributed by atoms with van der Waals surface area (Å²) in [6.45, 7) is 0. The lowest BCUT2D eigenvalue weighted by atomic mass is 10.0. The lowest BCUT2D eigenvalue weighted by Crippen LogP contribution is -2.47. The van der Waals surface area contributed by atoms with Crippen molar-refractivity contribution in [3.05, 3.63) is 76.8 Å². The summed E-state index contributed by atoms with van der Waals surface area (Å²) in [6, 6.07) is 9.79. The van der Waals surface area contributed by atoms with E-state index in [4.69, 9.17) is 0 Å². The SMILES string of the molecule is O=C(NC1CCCC1)[C@@H](c1ccccc1F)N(C(=O)c1csnn1)c1ccccc1F. The number of nitrogens with zero attached hydrogens (tertiary/aromatic N) is 3. The first kappa shape index (κ1) is 21.0. The molecule has 1 aromatic heterocycles. The first-order valence-electron chi connectivity index (χ1n) is 9.96. The van der Waals surface area contributed by atoms with Gasteiger partial charge in [-0.05, 0) is 42.6 Å². The monoisotopic (exact) mass is 442 g/mol. The fourth-order valence-corrected chi connectivity index (χ4v) is 4.27. The smallest absolute Gasteiger partial charge is 0.280 e. The van der Waals surface area contributed by atoms with Crippen LogP contribution in [0.5, 0.6) is 0 Å². The maximum atomic E-state index is 14.9. The highest BCUT2D eigenvalue weighted by Crippen LogP contribution is 2.33. The Morgan fingerprint density at radius 1 is 1.03 bits per heavy atom. The van der Waals surface area contributed by atoms with Crippen molar-refractivity contribution in [1.82, 2.24) is 14.9 Å². The van der Waals surface area contributed by atoms with Crippen LogP contribution in [0.25, 0.3) is 0 Å². The quantitative estimate of drug-likeness (QED) is 0.619. The summed E-state index contributed by atoms with van der Waals surface area (Å²) < 4.78 is 33.4. The summed E-state index contributed by atoms with van der Waals surface area (Å²) in [5.74, 6) is -2.70. The Labute approximate surface area is 182 Å². The number of hydrogen-bond acceptors (Lipinski definition) is 5. The van der Waals surface area contributed by atoms with Gasteiger partial charge in [-0.25, -0.2) is 8.78 Å². The Morgan fingerprint density at radius 2 is 1.71 bits per heavy atom. The van der Waals surface area contributed by atoms with Gasteiger partial charge in [-0.15, -0.1) is 5.10 Å². The third-order valence-corrected chi connectivity index (χ3v) is 5.82. The number of hydrogen-bond donors (Lipinski definition) is 1. The molecular weight excluding hydrogens is 422 g/mol. The van der Waals surface area contributed by atoms with Crippen molar-refractivity contribution in [1.29, 1.82) is 0 Å². The van der Waals surface area contributed by atoms with Gasteiger partial charge in [-0.1, -0.05) is 47.7 Å². The zero-order valence-corrected chi connectivity index (χ0v) is 17.3. The number of rotatable bonds is 6. The van der Waals surface area contributed by atoms with Crippen molar-refractivity contribution in [3.8, 4) is 0 Å². The van der Waals surface area contributed by atoms with Gasteiger partial charge in [0.2, 0.25) is 5.91 Å². The van der Waals surface area contributed by atoms with Crippen molar-refractivity contribution in [2.24, 2.45) is 0 Å². The van der Waals surface area contributed by atoms with E-state index in [2.05, 4.69) is 14.9 Å². The van der Waals surface area contributed by atoms with Crippen LogP contribution in [0.3, 0.4) is 0 Å². The Bertz CT molecular complexity index is 1070. The van der Waals surface area contributed by atoms with E-state index >= 15 is 0 Å². The molecule has 1 atom stereocenters. The van der Waals surface area contributed by atoms with Crippen molar-refractivity contribution in [2.75, 3.05) is 4.90 Å². The standard InChI is InChI=1S/C22H20F2N4O2S/c23-16-10-4-3-9-15(16)20(21(29)25-14-7-1-2-8-14)28(19-12-6-5-11-17(19)24)22(30)18-13-31-27-26-18/h3-6,9-14,20H,1-2,7-8H2,(H,25,29)/t20-/m1/s1. The highest BCUT2D eigenvalue weighted by Gasteiger charge is 2.38. The predicted molar refractivity (Wildman–Crippen MR) is 113 cm³/mol. The highest BCUT2D eigenvalue weighted by atomic mass is 32.1. The van der Waals surface area contributed by atoms with Crippen LogP contribution in [0.1, 0.15) is 47.8 Å². The average Bonchev–Trinajstić information content (AvgIpc) is 3.47. The van der Waals surface area contributed by atoms with E-state index in [0.29, 0.717) is 0 Å². The molecule has 3 aromatic rings. The molecule has 1 N–H and O–H groups in total. The normalized spacial score (nSPS) is 14.9. The van der Waals surface area contributed by atoms with Crippen LogP contribution in [0.4, 0.5) is 14.5 Å². The molecular formula is C22H20F2N4O2S. The van der Waals surface area contributed by atoms with Crippen LogP contribution in [0.15, 0.2) is 53.9 Å². The number of amides is 2. The van der Waals surface area contributed by atoms with Gasteiger partial charge in [0.05, 0.1) is 5.69 Å². The molecule has 6 nitrogen and oxygen atoms in total. The summed E-state index contributed by atoms with van der Waals surface area (Å²) in [6.07, 6.45) is 3.57. The molecule has 160 valence electrons. The highest BCUT2D eigenvalue weighted by molar-refractivity contribution is 7.03. The lowest BCUT2D eigenvalue weighted by molar-refractivity contribution is -0.123. The number of halogens is 2. The number of carbonyl (C=O) groups excluding carboxylic acids is 2. The zero-order valence-electron chi connectivity index (χ0n) is 16.5. The van der Waals surface area contributed by atoms with Crippen molar-refractivity contribution < 1.29 is 18.4 Å². The molecule has 2 amide bonds. The topological polar surface area (TPSA) is 75.2 Å². The van der Waals surface area contributed by atoms with E-state index in [-0.39, 0.29) is 23.0 Å². The summed E-state index contributed by atoms with van der Waals surface area (Å²) in [5, 5.41) is 8.11. The fourth-order valence-electron chi connectivity index (χ4n) is 3.84. The Balaban J connectivity index is 1.84. The molecule has 0 bridgehead atoms. The zero-order chi connectivity index (χ0) is 21.8. The van der Waals surface area contributed by atoms with E-state index in [1.165, 1.54) is 41.8 Å². The summed E-state index contributed by atoms with van der Waals surface area (Å²) in [7, 11) is 0. The van der Waals surface area contributed by atoms with Crippen LogP contribution in [-0.2, 0) is 4.79 Å². The second kappa shape index (κ2) is 9.30. The van der Waals surface area contributed by atoms with Crippen LogP contribution in [0.2, 0.25) is 0 Å². The molecule has 4 rings (SSSR count). The molecule has 1 aliphatic carbocycles. The molecule has 9 heteroatoms. The number of anilines is 1. The molecule has 0 spiro atoms. The molecule has 1 aliphatic rings. The first-order valence-corrected chi connectivity index (χ1v) is 10.8. The number of nitrogens with one attached hydrogen (secondary N) is 1. The largest absolute Gasteiger partial charge is 0.351 e. The van der Waals surface area contributed by atoms with E-state index in [0.717, 1.165) is 42.1 Å². The van der Waals surface area contributed by atoms with E-state index < -0.39 is 29.5 Å². The predicted octanol–water partition coefficient (Wildman–Crippen LogP) is 4.26. The third kappa shape index (κ3) is 4.46. The van der Waals surface area contributed by atoms with Gasteiger partial charge in [0.1, 0.15) is 17.7 Å². The molecule has 1 heterocycles. The average molecular weight is 442 g/mol. The molecule has 2 aromatic carbocycles. The minimum Gasteiger partial charge on any atom is -0.351 e. The van der Waals surface area contributed by atoms with Crippen LogP contribution in [-0.4, -0.2) is 27.4 Å². The second-order valence-corrected chi connectivity index (χ2v) is 7.94. The Hall–Kier alpha value is -3.20. The summed E-state index contributed by atoms with van der Waals surface area (Å²) in [4.78, 5) is 27.8. The van der Waals surface area contributed by atoms with Crippen LogP contribution < -0.4 is 10.2 Å². The van der Waals surface area contributed by atoms with Gasteiger partial charge >= 0.3 is 0 Å². The van der Waals surface area contributed by atoms with Crippen molar-refractivity contribution in [2.45, 2.75) is 37.8 Å². The van der Waals surface area contributed by atoms with Crippen LogP contribution in [0, 0.1) is 11.6 Å². The number of para-hydroxylation sites is 1. The Morgan fingerprint density at radius 3 is 2.35 bits per heavy atom. The molecule has 0 aliphatic heterocycles. The molecule has 0 unspecified atom stereocenters. The maximum absolute atomic E-state index is 14.9. The van der Waals surface area contributed by atoms with Gasteiger partial charge in [0.15, 0.2) is 5.69 Å². The molecule has 1 saturated carbocycles. The summed E-state index contributed by atoms with van der Waals surface area (Å²) >= 11 is 0.953. The number of benzene rings is 2. The third-order valence-electron chi connectivity index (χ3n) is 5.32. The van der Waals surface area contributed by atoms with Crippen LogP contribution >= 0.6 is 11.5 Å². The van der Waals surface area contributed by atoms with Gasteiger partial charge < -0.3 is 5.32 Å². The maximum Gasteiger partial charge on any atom is 0.280 e. The van der Waals surface area contributed by atoms with Gasteiger partial charge in [0.25, 0.3) is 5.91 Å². The first-order chi connectivity index (χ1) is 15.1. The number of aromatic nitrogens is 2. The molecule has 31 heavy (non-hydrogen) atoms. The fraction of sp³-hybridized carbons (Fsp3) is 0.273. The van der Waals surface area contributed by atoms with E-state index in [9.17, 15) is 18.4 Å². The minimum atomic E-state index is -1.42. The molecule has 1 fully saturated rings. The minimum absolute atomic E-state index is 0.0298. The molecule has 0 saturated heterocycles. The summed E-state index contributed by atoms with van der Waals surface area (Å²) in [5.41, 5.74) is -0.226. The van der Waals surface area contributed by atoms with Crippen molar-refractivity contribution in [3.63, 3.8) is 0 Å². The molecule has 0 radical (unpaired) electrons.